The fraction of sp³-hybridized carbons (Fsp3) is 0.0909. The molecule has 0 fully saturated rings. The molecule has 0 bridgehead atoms. The van der Waals surface area contributed by atoms with Crippen molar-refractivity contribution in [1.29, 1.82) is 0 Å². The summed E-state index contributed by atoms with van der Waals surface area (Å²) in [7, 11) is 3.28. The van der Waals surface area contributed by atoms with E-state index in [0.29, 0.717) is 17.5 Å². The Morgan fingerprint density at radius 3 is 2.10 bits per heavy atom. The van der Waals surface area contributed by atoms with E-state index in [1.165, 1.54) is 0 Å². The highest BCUT2D eigenvalue weighted by atomic mass is 35.5. The number of hydrogen-bond acceptors (Lipinski definition) is 6. The number of aromatic nitrogens is 2. The van der Waals surface area contributed by atoms with Crippen molar-refractivity contribution in [2.75, 3.05) is 24.9 Å². The summed E-state index contributed by atoms with van der Waals surface area (Å²) in [6.07, 6.45) is 0. The van der Waals surface area contributed by atoms with Crippen LogP contribution in [0.2, 0.25) is 0 Å². The monoisotopic (exact) mass is 408 g/mol. The number of para-hydroxylation sites is 2. The van der Waals surface area contributed by atoms with Crippen LogP contribution in [0, 0.1) is 0 Å². The van der Waals surface area contributed by atoms with Crippen molar-refractivity contribution in [3.63, 3.8) is 0 Å². The first-order valence-electron chi connectivity index (χ1n) is 8.85. The molecule has 6 nitrogen and oxygen atoms in total. The molecule has 1 heterocycles. The SMILES string of the molecule is COc1ccc(Nc2nc(Nc3ccccc3)c3cccc(OC)c3n2)cc1.Cl. The summed E-state index contributed by atoms with van der Waals surface area (Å²) < 4.78 is 10.7. The molecule has 4 rings (SSSR count). The maximum absolute atomic E-state index is 5.51. The molecule has 4 aromatic rings. The van der Waals surface area contributed by atoms with Crippen molar-refractivity contribution in [2.24, 2.45) is 0 Å². The lowest BCUT2D eigenvalue weighted by Gasteiger charge is -2.13. The smallest absolute Gasteiger partial charge is 0.229 e. The Labute approximate surface area is 175 Å². The van der Waals surface area contributed by atoms with Gasteiger partial charge in [-0.1, -0.05) is 24.3 Å². The summed E-state index contributed by atoms with van der Waals surface area (Å²) in [5.74, 6) is 2.65. The molecule has 2 N–H and O–H groups in total. The Bertz CT molecular complexity index is 1090. The topological polar surface area (TPSA) is 68.3 Å². The first-order chi connectivity index (χ1) is 13.8. The van der Waals surface area contributed by atoms with E-state index < -0.39 is 0 Å². The number of fused-ring (bicyclic) bond motifs is 1. The predicted molar refractivity (Wildman–Crippen MR) is 119 cm³/mol. The Morgan fingerprint density at radius 1 is 0.690 bits per heavy atom. The van der Waals surface area contributed by atoms with Gasteiger partial charge in [0.05, 0.1) is 14.2 Å². The third-order valence-electron chi connectivity index (χ3n) is 4.29. The van der Waals surface area contributed by atoms with Crippen molar-refractivity contribution in [1.82, 2.24) is 9.97 Å². The maximum Gasteiger partial charge on any atom is 0.229 e. The maximum atomic E-state index is 5.51. The van der Waals surface area contributed by atoms with E-state index in [2.05, 4.69) is 20.6 Å². The molecule has 29 heavy (non-hydrogen) atoms. The minimum absolute atomic E-state index is 0. The van der Waals surface area contributed by atoms with Crippen LogP contribution in [0.15, 0.2) is 72.8 Å². The van der Waals surface area contributed by atoms with E-state index in [1.54, 1.807) is 14.2 Å². The molecular formula is C22H21ClN4O2. The lowest BCUT2D eigenvalue weighted by Crippen LogP contribution is -2.03. The van der Waals surface area contributed by atoms with Crippen molar-refractivity contribution in [3.8, 4) is 11.5 Å². The molecule has 148 valence electrons. The van der Waals surface area contributed by atoms with Gasteiger partial charge in [-0.2, -0.15) is 4.98 Å². The van der Waals surface area contributed by atoms with E-state index in [4.69, 9.17) is 9.47 Å². The van der Waals surface area contributed by atoms with Crippen LogP contribution in [0.5, 0.6) is 11.5 Å². The number of benzene rings is 3. The van der Waals surface area contributed by atoms with Gasteiger partial charge in [-0.3, -0.25) is 0 Å². The molecule has 0 aliphatic rings. The normalized spacial score (nSPS) is 10.1. The molecule has 0 saturated heterocycles. The van der Waals surface area contributed by atoms with Gasteiger partial charge in [-0.25, -0.2) is 4.98 Å². The molecule has 0 aliphatic heterocycles. The lowest BCUT2D eigenvalue weighted by atomic mass is 10.2. The van der Waals surface area contributed by atoms with Crippen LogP contribution in [0.1, 0.15) is 0 Å². The van der Waals surface area contributed by atoms with Gasteiger partial charge in [-0.05, 0) is 48.5 Å². The highest BCUT2D eigenvalue weighted by Crippen LogP contribution is 2.31. The quantitative estimate of drug-likeness (QED) is 0.435. The molecule has 0 spiro atoms. The van der Waals surface area contributed by atoms with Crippen LogP contribution in [-0.2, 0) is 0 Å². The summed E-state index contributed by atoms with van der Waals surface area (Å²) in [6.45, 7) is 0. The zero-order valence-corrected chi connectivity index (χ0v) is 16.9. The molecule has 7 heteroatoms. The minimum atomic E-state index is 0. The average molecular weight is 409 g/mol. The van der Waals surface area contributed by atoms with Crippen molar-refractivity contribution >= 4 is 46.5 Å². The second kappa shape index (κ2) is 9.12. The second-order valence-corrected chi connectivity index (χ2v) is 6.10. The van der Waals surface area contributed by atoms with Crippen LogP contribution in [-0.4, -0.2) is 24.2 Å². The van der Waals surface area contributed by atoms with Gasteiger partial charge < -0.3 is 20.1 Å². The van der Waals surface area contributed by atoms with Crippen LogP contribution < -0.4 is 20.1 Å². The van der Waals surface area contributed by atoms with Gasteiger partial charge in [0.15, 0.2) is 0 Å². The lowest BCUT2D eigenvalue weighted by molar-refractivity contribution is 0.415. The number of nitrogens with one attached hydrogen (secondary N) is 2. The Kier molecular flexibility index (Phi) is 6.36. The molecular weight excluding hydrogens is 388 g/mol. The number of methoxy groups -OCH3 is 2. The van der Waals surface area contributed by atoms with E-state index >= 15 is 0 Å². The van der Waals surface area contributed by atoms with Crippen molar-refractivity contribution in [3.05, 3.63) is 72.8 Å². The van der Waals surface area contributed by atoms with Crippen molar-refractivity contribution < 1.29 is 9.47 Å². The average Bonchev–Trinajstić information content (AvgIpc) is 2.75. The first-order valence-corrected chi connectivity index (χ1v) is 8.85. The molecule has 0 atom stereocenters. The number of hydrogen-bond donors (Lipinski definition) is 2. The van der Waals surface area contributed by atoms with Gasteiger partial charge in [0.25, 0.3) is 0 Å². The summed E-state index contributed by atoms with van der Waals surface area (Å²) in [4.78, 5) is 9.36. The molecule has 0 unspecified atom stereocenters. The largest absolute Gasteiger partial charge is 0.497 e. The molecule has 0 aliphatic carbocycles. The standard InChI is InChI=1S/C22H20N4O2.ClH/c1-27-17-13-11-16(12-14-17)24-22-25-20-18(9-6-10-19(20)28-2)21(26-22)23-15-7-4-3-5-8-15;/h3-14H,1-2H3,(H2,23,24,25,26);1H. The second-order valence-electron chi connectivity index (χ2n) is 6.10. The van der Waals surface area contributed by atoms with Gasteiger partial charge in [0.2, 0.25) is 5.95 Å². The zero-order valence-electron chi connectivity index (χ0n) is 16.0. The molecule has 1 aromatic heterocycles. The summed E-state index contributed by atoms with van der Waals surface area (Å²) >= 11 is 0. The van der Waals surface area contributed by atoms with E-state index in [-0.39, 0.29) is 12.4 Å². The van der Waals surface area contributed by atoms with Crippen molar-refractivity contribution in [2.45, 2.75) is 0 Å². The molecule has 3 aromatic carbocycles. The van der Waals surface area contributed by atoms with Crippen LogP contribution in [0.25, 0.3) is 10.9 Å². The van der Waals surface area contributed by atoms with Crippen LogP contribution >= 0.6 is 12.4 Å². The number of rotatable bonds is 6. The van der Waals surface area contributed by atoms with E-state index in [1.807, 2.05) is 72.8 Å². The van der Waals surface area contributed by atoms with Crippen LogP contribution in [0.4, 0.5) is 23.1 Å². The number of anilines is 4. The Morgan fingerprint density at radius 2 is 1.41 bits per heavy atom. The highest BCUT2D eigenvalue weighted by molar-refractivity contribution is 5.95. The summed E-state index contributed by atoms with van der Waals surface area (Å²) in [5.41, 5.74) is 2.54. The van der Waals surface area contributed by atoms with E-state index in [0.717, 1.165) is 28.0 Å². The van der Waals surface area contributed by atoms with E-state index in [9.17, 15) is 0 Å². The number of halogens is 1. The zero-order chi connectivity index (χ0) is 19.3. The van der Waals surface area contributed by atoms with Gasteiger partial charge >= 0.3 is 0 Å². The fourth-order valence-electron chi connectivity index (χ4n) is 2.90. The Hall–Kier alpha value is -3.51. The van der Waals surface area contributed by atoms with Gasteiger partial charge in [0, 0.05) is 16.8 Å². The predicted octanol–water partition coefficient (Wildman–Crippen LogP) is 5.56. The molecule has 0 saturated carbocycles. The third kappa shape index (κ3) is 4.50. The fourth-order valence-corrected chi connectivity index (χ4v) is 2.90. The van der Waals surface area contributed by atoms with Gasteiger partial charge in [-0.15, -0.1) is 12.4 Å². The first kappa shape index (κ1) is 20.2. The van der Waals surface area contributed by atoms with Gasteiger partial charge in [0.1, 0.15) is 22.8 Å². The molecule has 0 amide bonds. The number of ether oxygens (including phenoxy) is 2. The Balaban J connectivity index is 0.00000240. The highest BCUT2D eigenvalue weighted by Gasteiger charge is 2.12. The van der Waals surface area contributed by atoms with Crippen LogP contribution in [0.3, 0.4) is 0 Å². The molecule has 0 radical (unpaired) electrons. The number of nitrogens with zero attached hydrogens (tertiary/aromatic N) is 2. The summed E-state index contributed by atoms with van der Waals surface area (Å²) in [6, 6.07) is 23.3. The third-order valence-corrected chi connectivity index (χ3v) is 4.29. The summed E-state index contributed by atoms with van der Waals surface area (Å²) in [5, 5.41) is 7.51. The minimum Gasteiger partial charge on any atom is -0.497 e.